The highest BCUT2D eigenvalue weighted by atomic mass is 14.6. The van der Waals surface area contributed by atoms with E-state index in [1.54, 1.807) is 24.3 Å². The highest BCUT2D eigenvalue weighted by Gasteiger charge is 1.80. The lowest BCUT2D eigenvalue weighted by Gasteiger charge is -1.90. The van der Waals surface area contributed by atoms with Crippen molar-refractivity contribution in [3.63, 3.8) is 0 Å². The zero-order valence-corrected chi connectivity index (χ0v) is 4.46. The van der Waals surface area contributed by atoms with E-state index in [-0.39, 0.29) is 1.43 Å². The molecule has 42 valence electrons. The first-order chi connectivity index (χ1) is 3.79. The number of benzene rings is 1. The minimum absolute atomic E-state index is 0. The molecule has 4 N–H and O–H groups in total. The predicted octanol–water partition coefficient (Wildman–Crippen LogP) is 0.964. The van der Waals surface area contributed by atoms with Gasteiger partial charge in [-0.15, -0.1) is 0 Å². The zero-order valence-electron chi connectivity index (χ0n) is 5.46. The van der Waals surface area contributed by atoms with E-state index in [9.17, 15) is 0 Å². The van der Waals surface area contributed by atoms with Gasteiger partial charge in [-0.25, -0.2) is 0 Å². The Bertz CT molecular complexity index is 150. The van der Waals surface area contributed by atoms with Crippen LogP contribution < -0.4 is 11.5 Å². The molecule has 0 aliphatic rings. The number of hydrogen-bond donors (Lipinski definition) is 2. The number of anilines is 2. The lowest BCUT2D eigenvalue weighted by Crippen LogP contribution is -1.86. The highest BCUT2D eigenvalue weighted by molar-refractivity contribution is 5.47. The Morgan fingerprint density at radius 2 is 1.12 bits per heavy atom. The molecule has 0 aliphatic carbocycles. The van der Waals surface area contributed by atoms with Crippen molar-refractivity contribution < 1.29 is 1.43 Å². The monoisotopic (exact) mass is 109 g/mol. The fourth-order valence-electron chi connectivity index (χ4n) is 0.496. The summed E-state index contributed by atoms with van der Waals surface area (Å²) in [5.74, 6) is 0. The Hall–Kier alpha value is -1.18. The number of rotatable bonds is 0. The van der Waals surface area contributed by atoms with E-state index in [2.05, 4.69) is 0 Å². The van der Waals surface area contributed by atoms with Gasteiger partial charge in [0.25, 0.3) is 0 Å². The van der Waals surface area contributed by atoms with Crippen molar-refractivity contribution in [1.82, 2.24) is 0 Å². The molecule has 0 atom stereocenters. The van der Waals surface area contributed by atoms with Crippen LogP contribution in [0.2, 0.25) is 0 Å². The number of hydrogen-bond acceptors (Lipinski definition) is 2. The van der Waals surface area contributed by atoms with Gasteiger partial charge in [0.15, 0.2) is 0 Å². The molecule has 0 spiro atoms. The molecule has 0 radical (unpaired) electrons. The van der Waals surface area contributed by atoms with E-state index in [1.807, 2.05) is 0 Å². The fourth-order valence-corrected chi connectivity index (χ4v) is 0.496. The third kappa shape index (κ3) is 0.904. The molecule has 0 aliphatic heterocycles. The Balaban J connectivity index is 0.000000640. The highest BCUT2D eigenvalue weighted by Crippen LogP contribution is 2.04. The molecular weight excluding hydrogens is 100 g/mol. The molecule has 0 saturated heterocycles. The standard InChI is InChI=1S/C6H8N2/c7-5-1-2-6(8)4-3-5/h1-4H,7-8H2/p+1. The maximum atomic E-state index is 5.37. The van der Waals surface area contributed by atoms with Crippen LogP contribution in [-0.2, 0) is 0 Å². The fraction of sp³-hybridized carbons (Fsp3) is 0. The summed E-state index contributed by atoms with van der Waals surface area (Å²) in [5, 5.41) is 0. The van der Waals surface area contributed by atoms with E-state index < -0.39 is 0 Å². The van der Waals surface area contributed by atoms with Crippen molar-refractivity contribution in [2.45, 2.75) is 0 Å². The Labute approximate surface area is 49.6 Å². The van der Waals surface area contributed by atoms with Crippen LogP contribution in [0.25, 0.3) is 0 Å². The number of nitrogens with two attached hydrogens (primary N) is 2. The maximum absolute atomic E-state index is 5.37. The van der Waals surface area contributed by atoms with Gasteiger partial charge in [0, 0.05) is 11.4 Å². The minimum atomic E-state index is 0. The van der Waals surface area contributed by atoms with E-state index in [0.29, 0.717) is 0 Å². The molecule has 0 aromatic heterocycles. The molecule has 2 heteroatoms. The molecule has 1 aromatic carbocycles. The molecule has 1 rings (SSSR count). The maximum Gasteiger partial charge on any atom is 1.00 e. The summed E-state index contributed by atoms with van der Waals surface area (Å²) < 4.78 is 0. The van der Waals surface area contributed by atoms with Crippen LogP contribution >= 0.6 is 0 Å². The molecule has 0 saturated carbocycles. The first-order valence-electron chi connectivity index (χ1n) is 2.40. The topological polar surface area (TPSA) is 52.0 Å². The van der Waals surface area contributed by atoms with Crippen LogP contribution in [0.5, 0.6) is 0 Å². The summed E-state index contributed by atoms with van der Waals surface area (Å²) >= 11 is 0. The molecule has 0 fully saturated rings. The normalized spacial score (nSPS) is 9.00. The summed E-state index contributed by atoms with van der Waals surface area (Å²) in [4.78, 5) is 0. The summed E-state index contributed by atoms with van der Waals surface area (Å²) in [6.45, 7) is 0. The van der Waals surface area contributed by atoms with E-state index in [0.717, 1.165) is 11.4 Å². The molecule has 8 heavy (non-hydrogen) atoms. The van der Waals surface area contributed by atoms with Crippen LogP contribution in [0.4, 0.5) is 11.4 Å². The summed E-state index contributed by atoms with van der Waals surface area (Å²) in [6.07, 6.45) is 0. The molecular formula is C6H9N2+. The van der Waals surface area contributed by atoms with Gasteiger partial charge in [-0.2, -0.15) is 0 Å². The van der Waals surface area contributed by atoms with Crippen molar-refractivity contribution >= 4 is 11.4 Å². The van der Waals surface area contributed by atoms with E-state index in [4.69, 9.17) is 11.5 Å². The molecule has 1 aromatic rings. The largest absolute Gasteiger partial charge is 1.00 e. The van der Waals surface area contributed by atoms with Gasteiger partial charge in [0.1, 0.15) is 0 Å². The van der Waals surface area contributed by atoms with Gasteiger partial charge in [-0.3, -0.25) is 0 Å². The third-order valence-electron chi connectivity index (χ3n) is 0.936. The summed E-state index contributed by atoms with van der Waals surface area (Å²) in [5.41, 5.74) is 12.2. The molecule has 0 amide bonds. The predicted molar refractivity (Wildman–Crippen MR) is 36.4 cm³/mol. The van der Waals surface area contributed by atoms with Crippen LogP contribution in [-0.4, -0.2) is 0 Å². The minimum Gasteiger partial charge on any atom is -0.399 e. The van der Waals surface area contributed by atoms with Gasteiger partial charge in [0.2, 0.25) is 0 Å². The van der Waals surface area contributed by atoms with Crippen LogP contribution in [0.1, 0.15) is 1.43 Å². The lowest BCUT2D eigenvalue weighted by molar-refractivity contribution is 1.67. The zero-order chi connectivity index (χ0) is 5.98. The molecule has 2 nitrogen and oxygen atoms in total. The second-order valence-corrected chi connectivity index (χ2v) is 1.67. The van der Waals surface area contributed by atoms with Gasteiger partial charge in [-0.05, 0) is 24.3 Å². The van der Waals surface area contributed by atoms with Crippen molar-refractivity contribution in [2.24, 2.45) is 0 Å². The average Bonchev–Trinajstić information content (AvgIpc) is 1.77. The Kier molecular flexibility index (Phi) is 1.08. The van der Waals surface area contributed by atoms with Gasteiger partial charge in [0.05, 0.1) is 0 Å². The lowest BCUT2D eigenvalue weighted by atomic mass is 10.3. The van der Waals surface area contributed by atoms with Crippen LogP contribution in [0.15, 0.2) is 24.3 Å². The first kappa shape index (κ1) is 4.97. The van der Waals surface area contributed by atoms with Gasteiger partial charge < -0.3 is 11.5 Å². The second-order valence-electron chi connectivity index (χ2n) is 1.67. The molecule has 0 heterocycles. The van der Waals surface area contributed by atoms with Crippen LogP contribution in [0, 0.1) is 0 Å². The SMILES string of the molecule is Nc1ccc(N)cc1.[H+]. The number of nitrogen functional groups attached to an aromatic ring is 2. The van der Waals surface area contributed by atoms with E-state index in [1.165, 1.54) is 0 Å². The second kappa shape index (κ2) is 1.74. The van der Waals surface area contributed by atoms with Crippen LogP contribution in [0.3, 0.4) is 0 Å². The quantitative estimate of drug-likeness (QED) is 0.487. The summed E-state index contributed by atoms with van der Waals surface area (Å²) in [6, 6.07) is 7.09. The van der Waals surface area contributed by atoms with Gasteiger partial charge >= 0.3 is 1.43 Å². The molecule has 0 bridgehead atoms. The average molecular weight is 109 g/mol. The van der Waals surface area contributed by atoms with Gasteiger partial charge in [-0.1, -0.05) is 0 Å². The third-order valence-corrected chi connectivity index (χ3v) is 0.936. The summed E-state index contributed by atoms with van der Waals surface area (Å²) in [7, 11) is 0. The smallest absolute Gasteiger partial charge is 0.399 e. The Morgan fingerprint density at radius 3 is 1.38 bits per heavy atom. The first-order valence-corrected chi connectivity index (χ1v) is 2.40. The van der Waals surface area contributed by atoms with Crippen molar-refractivity contribution in [3.8, 4) is 0 Å². The Morgan fingerprint density at radius 1 is 0.875 bits per heavy atom. The van der Waals surface area contributed by atoms with Crippen molar-refractivity contribution in [1.29, 1.82) is 0 Å². The molecule has 0 unspecified atom stereocenters. The van der Waals surface area contributed by atoms with Crippen molar-refractivity contribution in [3.05, 3.63) is 24.3 Å². The van der Waals surface area contributed by atoms with Crippen molar-refractivity contribution in [2.75, 3.05) is 11.5 Å². The van der Waals surface area contributed by atoms with E-state index >= 15 is 0 Å².